The van der Waals surface area contributed by atoms with Crippen LogP contribution in [0.1, 0.15) is 65.6 Å². The van der Waals surface area contributed by atoms with Crippen molar-refractivity contribution < 1.29 is 45.0 Å². The van der Waals surface area contributed by atoms with E-state index in [0.29, 0.717) is 24.1 Å². The fourth-order valence-corrected chi connectivity index (χ4v) is 6.69. The Hall–Kier alpha value is -3.55. The standard InChI is InChI=1S/C34H39F5N2O5S/c1-3-47(44,45)30-14-8-24(9-15-30)31(20-42)22(2)40-33(43)25-6-12-28(13-7-25)41-19-26(18-29(41)21-46-17-16-32(35)36)23-4-10-27(11-5-23)34(37,38)39/h4-15,22,26,29,31-32,42H,3,16-21H2,1-2H3,(H,40,43)/t22?,26?,29-,31+/m0/s1. The molecule has 1 heterocycles. The van der Waals surface area contributed by atoms with Gasteiger partial charge in [-0.25, -0.2) is 17.2 Å². The lowest BCUT2D eigenvalue weighted by molar-refractivity contribution is -0.137. The van der Waals surface area contributed by atoms with E-state index in [1.54, 1.807) is 50.2 Å². The number of hydrogen-bond donors (Lipinski definition) is 2. The SMILES string of the molecule is CCS(=O)(=O)c1ccc([C@H](CO)C(C)NC(=O)c2ccc(N3CC(c4ccc(C(F)(F)F)cc4)C[C@H]3COCCC(F)F)cc2)cc1. The summed E-state index contributed by atoms with van der Waals surface area (Å²) in [5.41, 5.74) is 1.75. The van der Waals surface area contributed by atoms with Gasteiger partial charge in [0.05, 0.1) is 42.1 Å². The molecule has 13 heteroatoms. The Morgan fingerprint density at radius 2 is 1.66 bits per heavy atom. The number of hydrogen-bond acceptors (Lipinski definition) is 6. The number of amides is 1. The molecule has 47 heavy (non-hydrogen) atoms. The van der Waals surface area contributed by atoms with Gasteiger partial charge in [-0.05, 0) is 73.0 Å². The molecule has 0 bridgehead atoms. The maximum atomic E-state index is 13.1. The number of aliphatic hydroxyl groups is 1. The van der Waals surface area contributed by atoms with Crippen molar-refractivity contribution in [3.8, 4) is 0 Å². The smallest absolute Gasteiger partial charge is 0.396 e. The summed E-state index contributed by atoms with van der Waals surface area (Å²) in [6.45, 7) is 3.50. The Morgan fingerprint density at radius 1 is 1.02 bits per heavy atom. The van der Waals surface area contributed by atoms with Crippen LogP contribution in [0.2, 0.25) is 0 Å². The van der Waals surface area contributed by atoms with Crippen LogP contribution in [-0.2, 0) is 20.8 Å². The maximum absolute atomic E-state index is 13.1. The van der Waals surface area contributed by atoms with Gasteiger partial charge in [0.2, 0.25) is 6.43 Å². The number of ether oxygens (including phenoxy) is 1. The fraction of sp³-hybridized carbons (Fsp3) is 0.441. The molecule has 1 amide bonds. The van der Waals surface area contributed by atoms with E-state index in [0.717, 1.165) is 23.4 Å². The largest absolute Gasteiger partial charge is 0.416 e. The number of alkyl halides is 5. The lowest BCUT2D eigenvalue weighted by Gasteiger charge is -2.27. The van der Waals surface area contributed by atoms with Gasteiger partial charge < -0.3 is 20.1 Å². The second-order valence-corrected chi connectivity index (χ2v) is 14.0. The Kier molecular flexibility index (Phi) is 12.0. The first-order chi connectivity index (χ1) is 22.2. The lowest BCUT2D eigenvalue weighted by Crippen LogP contribution is -2.38. The summed E-state index contributed by atoms with van der Waals surface area (Å²) in [4.78, 5) is 15.3. The summed E-state index contributed by atoms with van der Waals surface area (Å²) >= 11 is 0. The van der Waals surface area contributed by atoms with E-state index in [1.165, 1.54) is 24.3 Å². The molecule has 256 valence electrons. The highest BCUT2D eigenvalue weighted by Gasteiger charge is 2.35. The first-order valence-corrected chi connectivity index (χ1v) is 17.0. The summed E-state index contributed by atoms with van der Waals surface area (Å²) in [7, 11) is -3.38. The zero-order valence-corrected chi connectivity index (χ0v) is 26.9. The minimum absolute atomic E-state index is 0.0335. The Labute approximate surface area is 271 Å². The first kappa shape index (κ1) is 36.3. The molecule has 1 aliphatic rings. The summed E-state index contributed by atoms with van der Waals surface area (Å²) in [5, 5.41) is 13.0. The van der Waals surface area contributed by atoms with Gasteiger partial charge in [-0.3, -0.25) is 4.79 Å². The highest BCUT2D eigenvalue weighted by molar-refractivity contribution is 7.91. The van der Waals surface area contributed by atoms with Crippen molar-refractivity contribution in [3.63, 3.8) is 0 Å². The number of rotatable bonds is 14. The van der Waals surface area contributed by atoms with Crippen LogP contribution in [0.25, 0.3) is 0 Å². The fourth-order valence-electron chi connectivity index (χ4n) is 5.80. The van der Waals surface area contributed by atoms with Gasteiger partial charge in [-0.15, -0.1) is 0 Å². The predicted octanol–water partition coefficient (Wildman–Crippen LogP) is 6.43. The molecular weight excluding hydrogens is 643 g/mol. The molecule has 0 radical (unpaired) electrons. The molecule has 7 nitrogen and oxygen atoms in total. The van der Waals surface area contributed by atoms with Crippen LogP contribution >= 0.6 is 0 Å². The van der Waals surface area contributed by atoms with Gasteiger partial charge in [-0.2, -0.15) is 13.2 Å². The van der Waals surface area contributed by atoms with Crippen LogP contribution < -0.4 is 10.2 Å². The average molecular weight is 683 g/mol. The van der Waals surface area contributed by atoms with Gasteiger partial charge in [0.1, 0.15) is 0 Å². The lowest BCUT2D eigenvalue weighted by atomic mass is 9.93. The van der Waals surface area contributed by atoms with Crippen LogP contribution in [-0.4, -0.2) is 70.1 Å². The van der Waals surface area contributed by atoms with Crippen molar-refractivity contribution in [2.45, 2.75) is 68.1 Å². The van der Waals surface area contributed by atoms with E-state index < -0.39 is 46.4 Å². The molecule has 0 saturated carbocycles. The summed E-state index contributed by atoms with van der Waals surface area (Å²) in [6.07, 6.45) is -6.81. The third-order valence-corrected chi connectivity index (χ3v) is 10.3. The molecule has 1 fully saturated rings. The van der Waals surface area contributed by atoms with Crippen molar-refractivity contribution in [2.24, 2.45) is 0 Å². The third-order valence-electron chi connectivity index (χ3n) is 8.58. The molecular formula is C34H39F5N2O5S. The molecule has 2 unspecified atom stereocenters. The number of sulfone groups is 1. The number of carbonyl (C=O) groups excluding carboxylic acids is 1. The van der Waals surface area contributed by atoms with Crippen LogP contribution in [0.4, 0.5) is 27.6 Å². The number of carbonyl (C=O) groups is 1. The van der Waals surface area contributed by atoms with E-state index in [4.69, 9.17) is 4.74 Å². The normalized spacial score (nSPS) is 18.4. The number of aliphatic hydroxyl groups excluding tert-OH is 1. The van der Waals surface area contributed by atoms with Crippen molar-refractivity contribution >= 4 is 21.4 Å². The number of nitrogens with one attached hydrogen (secondary N) is 1. The second-order valence-electron chi connectivity index (χ2n) is 11.7. The zero-order valence-electron chi connectivity index (χ0n) is 26.1. The number of halogens is 5. The summed E-state index contributed by atoms with van der Waals surface area (Å²) in [5.74, 6) is -1.04. The highest BCUT2D eigenvalue weighted by Crippen LogP contribution is 2.37. The molecule has 0 spiro atoms. The monoisotopic (exact) mass is 682 g/mol. The Balaban J connectivity index is 1.45. The van der Waals surface area contributed by atoms with Gasteiger partial charge >= 0.3 is 6.18 Å². The molecule has 0 aromatic heterocycles. The molecule has 4 atom stereocenters. The third kappa shape index (κ3) is 9.29. The predicted molar refractivity (Wildman–Crippen MR) is 169 cm³/mol. The number of benzene rings is 3. The molecule has 1 aliphatic heterocycles. The van der Waals surface area contributed by atoms with Crippen molar-refractivity contribution in [3.05, 3.63) is 95.1 Å². The van der Waals surface area contributed by atoms with E-state index >= 15 is 0 Å². The molecule has 0 aliphatic carbocycles. The Morgan fingerprint density at radius 3 is 2.21 bits per heavy atom. The first-order valence-electron chi connectivity index (χ1n) is 15.4. The zero-order chi connectivity index (χ0) is 34.4. The van der Waals surface area contributed by atoms with E-state index in [1.807, 2.05) is 4.90 Å². The molecule has 3 aromatic rings. The minimum atomic E-state index is -4.45. The van der Waals surface area contributed by atoms with Crippen molar-refractivity contribution in [1.29, 1.82) is 0 Å². The highest BCUT2D eigenvalue weighted by atomic mass is 32.2. The van der Waals surface area contributed by atoms with Crippen LogP contribution in [0.5, 0.6) is 0 Å². The van der Waals surface area contributed by atoms with Gasteiger partial charge in [-0.1, -0.05) is 31.2 Å². The molecule has 4 rings (SSSR count). The van der Waals surface area contributed by atoms with E-state index in [9.17, 15) is 40.3 Å². The average Bonchev–Trinajstić information content (AvgIpc) is 3.47. The van der Waals surface area contributed by atoms with Crippen LogP contribution in [0.15, 0.2) is 77.7 Å². The van der Waals surface area contributed by atoms with Gasteiger partial charge in [0, 0.05) is 42.1 Å². The number of nitrogens with zero attached hydrogens (tertiary/aromatic N) is 1. The van der Waals surface area contributed by atoms with Crippen LogP contribution in [0.3, 0.4) is 0 Å². The molecule has 1 saturated heterocycles. The molecule has 3 aromatic carbocycles. The second kappa shape index (κ2) is 15.6. The molecule has 2 N–H and O–H groups in total. The van der Waals surface area contributed by atoms with Gasteiger partial charge in [0.25, 0.3) is 5.91 Å². The van der Waals surface area contributed by atoms with Crippen molar-refractivity contribution in [1.82, 2.24) is 5.32 Å². The summed E-state index contributed by atoms with van der Waals surface area (Å²) in [6, 6.07) is 17.3. The Bertz CT molecular complexity index is 1570. The van der Waals surface area contributed by atoms with Crippen LogP contribution in [0, 0.1) is 0 Å². The maximum Gasteiger partial charge on any atom is 0.416 e. The van der Waals surface area contributed by atoms with Crippen molar-refractivity contribution in [2.75, 3.05) is 37.0 Å². The number of anilines is 1. The van der Waals surface area contributed by atoms with E-state index in [2.05, 4.69) is 5.32 Å². The van der Waals surface area contributed by atoms with E-state index in [-0.39, 0.29) is 48.3 Å². The van der Waals surface area contributed by atoms with Gasteiger partial charge in [0.15, 0.2) is 9.84 Å². The quantitative estimate of drug-likeness (QED) is 0.150. The summed E-state index contributed by atoms with van der Waals surface area (Å²) < 4.78 is 94.4. The minimum Gasteiger partial charge on any atom is -0.396 e. The topological polar surface area (TPSA) is 95.9 Å².